The summed E-state index contributed by atoms with van der Waals surface area (Å²) in [7, 11) is 0. The topological polar surface area (TPSA) is 63.6 Å². The van der Waals surface area contributed by atoms with Crippen LogP contribution in [0.15, 0.2) is 75.7 Å². The summed E-state index contributed by atoms with van der Waals surface area (Å²) in [5.74, 6) is 0.468. The number of aryl methyl sites for hydroxylation is 2. The van der Waals surface area contributed by atoms with Gasteiger partial charge in [0.1, 0.15) is 5.69 Å². The highest BCUT2D eigenvalue weighted by Gasteiger charge is 2.16. The smallest absolute Gasteiger partial charge is 0.344 e. The molecule has 1 aliphatic carbocycles. The molecular formula is C30H32N4O2. The van der Waals surface area contributed by atoms with Crippen molar-refractivity contribution < 1.29 is 4.42 Å². The molecule has 6 nitrogen and oxygen atoms in total. The van der Waals surface area contributed by atoms with E-state index in [2.05, 4.69) is 45.2 Å². The molecule has 6 heteroatoms. The number of aromatic nitrogens is 3. The van der Waals surface area contributed by atoms with Gasteiger partial charge in [-0.3, -0.25) is 9.88 Å². The van der Waals surface area contributed by atoms with Gasteiger partial charge in [-0.05, 0) is 60.9 Å². The van der Waals surface area contributed by atoms with E-state index in [0.29, 0.717) is 16.8 Å². The van der Waals surface area contributed by atoms with Gasteiger partial charge in [-0.2, -0.15) is 0 Å². The summed E-state index contributed by atoms with van der Waals surface area (Å²) in [6.07, 6.45) is 14.7. The molecule has 4 aromatic rings. The third-order valence-corrected chi connectivity index (χ3v) is 6.74. The van der Waals surface area contributed by atoms with Crippen LogP contribution in [0.4, 0.5) is 0 Å². The molecule has 0 N–H and O–H groups in total. The highest BCUT2D eigenvalue weighted by Crippen LogP contribution is 2.28. The molecule has 0 atom stereocenters. The summed E-state index contributed by atoms with van der Waals surface area (Å²) < 4.78 is 7.65. The fourth-order valence-electron chi connectivity index (χ4n) is 4.80. The first kappa shape index (κ1) is 23.9. The van der Waals surface area contributed by atoms with Gasteiger partial charge >= 0.3 is 5.63 Å². The molecule has 0 saturated heterocycles. The van der Waals surface area contributed by atoms with Gasteiger partial charge in [0, 0.05) is 32.0 Å². The highest BCUT2D eigenvalue weighted by atomic mass is 16.4. The van der Waals surface area contributed by atoms with E-state index in [-0.39, 0.29) is 5.63 Å². The summed E-state index contributed by atoms with van der Waals surface area (Å²) in [4.78, 5) is 24.5. The van der Waals surface area contributed by atoms with Crippen molar-refractivity contribution in [1.29, 1.82) is 0 Å². The molecule has 0 bridgehead atoms. The minimum absolute atomic E-state index is 0.336. The molecule has 0 saturated carbocycles. The maximum Gasteiger partial charge on any atom is 0.344 e. The zero-order valence-electron chi connectivity index (χ0n) is 21.4. The van der Waals surface area contributed by atoms with Crippen molar-refractivity contribution in [1.82, 2.24) is 19.3 Å². The third kappa shape index (κ3) is 4.69. The second-order valence-corrected chi connectivity index (χ2v) is 9.16. The van der Waals surface area contributed by atoms with Gasteiger partial charge in [-0.25, -0.2) is 9.78 Å². The Kier molecular flexibility index (Phi) is 6.70. The van der Waals surface area contributed by atoms with Crippen LogP contribution in [-0.4, -0.2) is 38.9 Å². The van der Waals surface area contributed by atoms with Crippen LogP contribution in [0.1, 0.15) is 43.6 Å². The van der Waals surface area contributed by atoms with Crippen molar-refractivity contribution >= 4 is 22.0 Å². The molecule has 1 aromatic carbocycles. The zero-order valence-corrected chi connectivity index (χ0v) is 21.4. The maximum absolute atomic E-state index is 12.9. The molecule has 184 valence electrons. The Morgan fingerprint density at radius 3 is 2.64 bits per heavy atom. The molecule has 3 aromatic heterocycles. The quantitative estimate of drug-likeness (QED) is 0.344. The normalized spacial score (nSPS) is 15.3. The lowest BCUT2D eigenvalue weighted by atomic mass is 9.97. The van der Waals surface area contributed by atoms with Gasteiger partial charge in [0.15, 0.2) is 11.4 Å². The van der Waals surface area contributed by atoms with E-state index in [1.54, 1.807) is 0 Å². The molecule has 0 fully saturated rings. The zero-order chi connectivity index (χ0) is 25.2. The van der Waals surface area contributed by atoms with Gasteiger partial charge < -0.3 is 8.82 Å². The van der Waals surface area contributed by atoms with E-state index < -0.39 is 0 Å². The SMILES string of the molecule is CC.Cc1cn2cc(-c3cc4ccc(C5=CCN(CCC6=CC=C6)CC5)cc4c(=O)o3)nc2c(C)n1. The summed E-state index contributed by atoms with van der Waals surface area (Å²) in [6.45, 7) is 10.9. The van der Waals surface area contributed by atoms with Crippen molar-refractivity contribution in [2.45, 2.75) is 40.5 Å². The molecule has 2 aliphatic rings. The van der Waals surface area contributed by atoms with E-state index in [1.807, 2.05) is 62.7 Å². The van der Waals surface area contributed by atoms with Crippen LogP contribution in [0.25, 0.3) is 33.4 Å². The summed E-state index contributed by atoms with van der Waals surface area (Å²) >= 11 is 0. The molecule has 0 unspecified atom stereocenters. The van der Waals surface area contributed by atoms with E-state index in [4.69, 9.17) is 4.42 Å². The van der Waals surface area contributed by atoms with Gasteiger partial charge in [-0.1, -0.05) is 50.3 Å². The molecule has 36 heavy (non-hydrogen) atoms. The van der Waals surface area contributed by atoms with Crippen LogP contribution in [0, 0.1) is 13.8 Å². The minimum Gasteiger partial charge on any atom is -0.421 e. The number of nitrogens with zero attached hydrogens (tertiary/aromatic N) is 4. The van der Waals surface area contributed by atoms with Crippen LogP contribution >= 0.6 is 0 Å². The van der Waals surface area contributed by atoms with Crippen molar-refractivity contribution in [3.8, 4) is 11.5 Å². The van der Waals surface area contributed by atoms with Crippen LogP contribution in [0.3, 0.4) is 0 Å². The Labute approximate surface area is 211 Å². The first-order valence-corrected chi connectivity index (χ1v) is 12.7. The fraction of sp³-hybridized carbons (Fsp3) is 0.300. The van der Waals surface area contributed by atoms with E-state index in [1.165, 1.54) is 11.1 Å². The number of hydrogen-bond donors (Lipinski definition) is 0. The minimum atomic E-state index is -0.336. The number of rotatable bonds is 5. The Morgan fingerprint density at radius 1 is 1.08 bits per heavy atom. The number of hydrogen-bond acceptors (Lipinski definition) is 5. The van der Waals surface area contributed by atoms with Crippen molar-refractivity contribution in [2.75, 3.05) is 19.6 Å². The molecular weight excluding hydrogens is 448 g/mol. The fourth-order valence-corrected chi connectivity index (χ4v) is 4.80. The second kappa shape index (κ2) is 10.1. The van der Waals surface area contributed by atoms with Crippen LogP contribution in [0.5, 0.6) is 0 Å². The Morgan fingerprint density at radius 2 is 1.92 bits per heavy atom. The number of imidazole rings is 1. The van der Waals surface area contributed by atoms with Crippen molar-refractivity contribution in [2.24, 2.45) is 0 Å². The van der Waals surface area contributed by atoms with Crippen molar-refractivity contribution in [3.63, 3.8) is 0 Å². The average molecular weight is 481 g/mol. The van der Waals surface area contributed by atoms with Crippen LogP contribution < -0.4 is 5.63 Å². The van der Waals surface area contributed by atoms with E-state index in [9.17, 15) is 4.79 Å². The Bertz CT molecular complexity index is 1590. The van der Waals surface area contributed by atoms with Gasteiger partial charge in [0.05, 0.1) is 16.8 Å². The molecule has 0 spiro atoms. The Balaban J connectivity index is 0.00000130. The average Bonchev–Trinajstić information content (AvgIpc) is 3.29. The standard InChI is InChI=1S/C28H26N4O2.C2H6/c1-18-16-32-17-25(30-27(32)19(2)29-18)26-15-23-7-6-22(14-24(23)28(33)34-26)21-9-12-31(13-10-21)11-8-20-4-3-5-20;1-2/h3-7,9,14-17H,8,10-13H2,1-2H3;1-2H3. The van der Waals surface area contributed by atoms with E-state index >= 15 is 0 Å². The summed E-state index contributed by atoms with van der Waals surface area (Å²) in [5, 5.41) is 1.46. The third-order valence-electron chi connectivity index (χ3n) is 6.74. The lowest BCUT2D eigenvalue weighted by Gasteiger charge is -2.27. The Hall–Kier alpha value is -3.77. The van der Waals surface area contributed by atoms with Gasteiger partial charge in [-0.15, -0.1) is 0 Å². The highest BCUT2D eigenvalue weighted by molar-refractivity contribution is 5.87. The predicted octanol–water partition coefficient (Wildman–Crippen LogP) is 6.12. The first-order chi connectivity index (χ1) is 17.5. The van der Waals surface area contributed by atoms with Gasteiger partial charge in [0.2, 0.25) is 0 Å². The number of fused-ring (bicyclic) bond motifs is 2. The second-order valence-electron chi connectivity index (χ2n) is 9.16. The lowest BCUT2D eigenvalue weighted by molar-refractivity contribution is 0.306. The molecule has 0 radical (unpaired) electrons. The largest absolute Gasteiger partial charge is 0.421 e. The maximum atomic E-state index is 12.9. The number of allylic oxidation sites excluding steroid dienone is 3. The number of benzene rings is 1. The first-order valence-electron chi connectivity index (χ1n) is 12.7. The molecule has 6 rings (SSSR count). The summed E-state index contributed by atoms with van der Waals surface area (Å²) in [6, 6.07) is 7.99. The monoisotopic (exact) mass is 480 g/mol. The van der Waals surface area contributed by atoms with Gasteiger partial charge in [0.25, 0.3) is 0 Å². The molecule has 1 aliphatic heterocycles. The predicted molar refractivity (Wildman–Crippen MR) is 146 cm³/mol. The van der Waals surface area contributed by atoms with E-state index in [0.717, 1.165) is 60.5 Å². The van der Waals surface area contributed by atoms with Crippen LogP contribution in [0.2, 0.25) is 0 Å². The summed E-state index contributed by atoms with van der Waals surface area (Å²) in [5.41, 5.74) is 6.63. The lowest BCUT2D eigenvalue weighted by Crippen LogP contribution is -2.29. The van der Waals surface area contributed by atoms with Crippen molar-refractivity contribution in [3.05, 3.63) is 93.9 Å². The molecule has 0 amide bonds. The molecule has 4 heterocycles. The van der Waals surface area contributed by atoms with Crippen LogP contribution in [-0.2, 0) is 0 Å².